The molecular weight excluding hydrogens is 364 g/mol. The second kappa shape index (κ2) is 9.53. The second-order valence-corrected chi connectivity index (χ2v) is 8.13. The van der Waals surface area contributed by atoms with Gasteiger partial charge in [0.2, 0.25) is 10.0 Å². The number of rotatable bonds is 9. The lowest BCUT2D eigenvalue weighted by molar-refractivity contribution is -0.118. The van der Waals surface area contributed by atoms with Gasteiger partial charge >= 0.3 is 0 Å². The van der Waals surface area contributed by atoms with Gasteiger partial charge in [0.15, 0.2) is 6.61 Å². The van der Waals surface area contributed by atoms with Crippen LogP contribution in [0.15, 0.2) is 47.4 Å². The van der Waals surface area contributed by atoms with Gasteiger partial charge in [-0.1, -0.05) is 19.4 Å². The maximum atomic E-state index is 12.1. The van der Waals surface area contributed by atoms with Crippen LogP contribution < -0.4 is 14.8 Å². The molecule has 0 saturated heterocycles. The van der Waals surface area contributed by atoms with Crippen molar-refractivity contribution in [2.45, 2.75) is 38.5 Å². The first kappa shape index (κ1) is 20.9. The van der Waals surface area contributed by atoms with Crippen molar-refractivity contribution in [3.8, 4) is 5.75 Å². The molecule has 0 saturated carbocycles. The zero-order valence-corrected chi connectivity index (χ0v) is 16.7. The van der Waals surface area contributed by atoms with E-state index in [-0.39, 0.29) is 17.4 Å². The fourth-order valence-electron chi connectivity index (χ4n) is 2.35. The number of anilines is 1. The highest BCUT2D eigenvalue weighted by atomic mass is 32.2. The second-order valence-electron chi connectivity index (χ2n) is 6.36. The summed E-state index contributed by atoms with van der Waals surface area (Å²) in [5, 5.41) is 2.77. The molecule has 0 radical (unpaired) electrons. The zero-order valence-electron chi connectivity index (χ0n) is 15.9. The summed E-state index contributed by atoms with van der Waals surface area (Å²) in [5.74, 6) is 0.147. The number of sulfonamides is 1. The molecule has 27 heavy (non-hydrogen) atoms. The summed E-state index contributed by atoms with van der Waals surface area (Å²) in [6.07, 6.45) is 1.70. The zero-order chi connectivity index (χ0) is 19.9. The highest BCUT2D eigenvalue weighted by Gasteiger charge is 2.13. The molecule has 0 atom stereocenters. The van der Waals surface area contributed by atoms with Crippen molar-refractivity contribution >= 4 is 21.6 Å². The Bertz CT molecular complexity index is 877. The summed E-state index contributed by atoms with van der Waals surface area (Å²) in [5.41, 5.74) is 2.97. The number of amides is 1. The van der Waals surface area contributed by atoms with Crippen LogP contribution in [0.5, 0.6) is 5.75 Å². The molecule has 7 heteroatoms. The third-order valence-corrected chi connectivity index (χ3v) is 5.59. The number of benzene rings is 2. The molecule has 0 aliphatic rings. The molecule has 6 nitrogen and oxygen atoms in total. The Kier molecular flexibility index (Phi) is 7.38. The molecule has 2 rings (SSSR count). The van der Waals surface area contributed by atoms with Gasteiger partial charge in [0.05, 0.1) is 4.90 Å². The lowest BCUT2D eigenvalue weighted by Crippen LogP contribution is -2.24. The first-order valence-electron chi connectivity index (χ1n) is 8.91. The third-order valence-electron chi connectivity index (χ3n) is 4.12. The number of aryl methyl sites for hydroxylation is 2. The number of hydrogen-bond donors (Lipinski definition) is 2. The van der Waals surface area contributed by atoms with E-state index in [9.17, 15) is 13.2 Å². The Morgan fingerprint density at radius 3 is 2.37 bits per heavy atom. The van der Waals surface area contributed by atoms with Crippen LogP contribution >= 0.6 is 0 Å². The maximum absolute atomic E-state index is 12.1. The predicted octanol–water partition coefficient (Wildman–Crippen LogP) is 3.40. The van der Waals surface area contributed by atoms with Crippen molar-refractivity contribution in [1.29, 1.82) is 0 Å². The van der Waals surface area contributed by atoms with Crippen LogP contribution in [0.1, 0.15) is 30.9 Å². The van der Waals surface area contributed by atoms with Gasteiger partial charge in [0.1, 0.15) is 5.75 Å². The number of unbranched alkanes of at least 4 members (excludes halogenated alkanes) is 1. The van der Waals surface area contributed by atoms with Crippen LogP contribution in [0.3, 0.4) is 0 Å². The monoisotopic (exact) mass is 390 g/mol. The van der Waals surface area contributed by atoms with E-state index in [4.69, 9.17) is 4.74 Å². The largest absolute Gasteiger partial charge is 0.484 e. The van der Waals surface area contributed by atoms with Crippen molar-refractivity contribution < 1.29 is 17.9 Å². The van der Waals surface area contributed by atoms with Crippen molar-refractivity contribution in [2.75, 3.05) is 18.5 Å². The molecule has 2 aromatic carbocycles. The average molecular weight is 391 g/mol. The Hall–Kier alpha value is -2.38. The summed E-state index contributed by atoms with van der Waals surface area (Å²) < 4.78 is 32.2. The van der Waals surface area contributed by atoms with E-state index in [1.54, 1.807) is 0 Å². The van der Waals surface area contributed by atoms with Crippen LogP contribution in [-0.2, 0) is 14.8 Å². The van der Waals surface area contributed by atoms with Gasteiger partial charge in [-0.15, -0.1) is 0 Å². The number of carbonyl (C=O) groups excluding carboxylic acids is 1. The highest BCUT2D eigenvalue weighted by Crippen LogP contribution is 2.17. The van der Waals surface area contributed by atoms with Crippen LogP contribution in [0, 0.1) is 13.8 Å². The van der Waals surface area contributed by atoms with Crippen molar-refractivity contribution in [3.05, 3.63) is 53.6 Å². The van der Waals surface area contributed by atoms with E-state index in [1.807, 2.05) is 39.0 Å². The molecule has 0 aliphatic heterocycles. The average Bonchev–Trinajstić information content (AvgIpc) is 2.63. The molecule has 0 bridgehead atoms. The molecule has 1 amide bonds. The molecule has 0 heterocycles. The number of ether oxygens (including phenoxy) is 1. The normalized spacial score (nSPS) is 11.2. The fraction of sp³-hybridized carbons (Fsp3) is 0.350. The van der Waals surface area contributed by atoms with Gasteiger partial charge in [-0.05, 0) is 67.8 Å². The highest BCUT2D eigenvalue weighted by molar-refractivity contribution is 7.89. The van der Waals surface area contributed by atoms with Gasteiger partial charge in [-0.25, -0.2) is 13.1 Å². The van der Waals surface area contributed by atoms with Gasteiger partial charge in [-0.2, -0.15) is 0 Å². The predicted molar refractivity (Wildman–Crippen MR) is 107 cm³/mol. The lowest BCUT2D eigenvalue weighted by atomic mass is 10.1. The standard InChI is InChI=1S/C20H26N2O4S/c1-4-5-12-21-27(24,25)19-10-8-18(9-11-19)26-14-20(23)22-17-7-6-15(2)16(3)13-17/h6-11,13,21H,4-5,12,14H2,1-3H3,(H,22,23). The molecule has 0 aliphatic carbocycles. The molecule has 2 aromatic rings. The van der Waals surface area contributed by atoms with Gasteiger partial charge in [-0.3, -0.25) is 4.79 Å². The summed E-state index contributed by atoms with van der Waals surface area (Å²) >= 11 is 0. The molecule has 0 spiro atoms. The quantitative estimate of drug-likeness (QED) is 0.643. The molecule has 0 unspecified atom stereocenters. The number of carbonyl (C=O) groups is 1. The van der Waals surface area contributed by atoms with Gasteiger partial charge in [0, 0.05) is 12.2 Å². The van der Waals surface area contributed by atoms with E-state index in [0.717, 1.165) is 24.0 Å². The first-order chi connectivity index (χ1) is 12.8. The van der Waals surface area contributed by atoms with E-state index in [1.165, 1.54) is 24.3 Å². The summed E-state index contributed by atoms with van der Waals surface area (Å²) in [6, 6.07) is 11.7. The molecule has 0 aromatic heterocycles. The summed E-state index contributed by atoms with van der Waals surface area (Å²) in [4.78, 5) is 12.2. The Balaban J connectivity index is 1.88. The Morgan fingerprint density at radius 1 is 1.04 bits per heavy atom. The van der Waals surface area contributed by atoms with Crippen molar-refractivity contribution in [2.24, 2.45) is 0 Å². The van der Waals surface area contributed by atoms with Crippen molar-refractivity contribution in [1.82, 2.24) is 4.72 Å². The van der Waals surface area contributed by atoms with Gasteiger partial charge in [0.25, 0.3) is 5.91 Å². The Labute approximate surface area is 161 Å². The van der Waals surface area contributed by atoms with E-state index in [0.29, 0.717) is 18.0 Å². The smallest absolute Gasteiger partial charge is 0.262 e. The summed E-state index contributed by atoms with van der Waals surface area (Å²) in [6.45, 7) is 6.24. The Morgan fingerprint density at radius 2 is 1.74 bits per heavy atom. The molecule has 146 valence electrons. The third kappa shape index (κ3) is 6.37. The number of nitrogens with one attached hydrogen (secondary N) is 2. The SMILES string of the molecule is CCCCNS(=O)(=O)c1ccc(OCC(=O)Nc2ccc(C)c(C)c2)cc1. The molecule has 0 fully saturated rings. The molecular formula is C20H26N2O4S. The first-order valence-corrected chi connectivity index (χ1v) is 10.4. The fourth-order valence-corrected chi connectivity index (χ4v) is 3.42. The minimum absolute atomic E-state index is 0.159. The minimum atomic E-state index is -3.51. The number of hydrogen-bond acceptors (Lipinski definition) is 4. The summed E-state index contributed by atoms with van der Waals surface area (Å²) in [7, 11) is -3.51. The topological polar surface area (TPSA) is 84.5 Å². The van der Waals surface area contributed by atoms with E-state index >= 15 is 0 Å². The van der Waals surface area contributed by atoms with E-state index < -0.39 is 10.0 Å². The van der Waals surface area contributed by atoms with Crippen LogP contribution in [0.4, 0.5) is 5.69 Å². The maximum Gasteiger partial charge on any atom is 0.262 e. The minimum Gasteiger partial charge on any atom is -0.484 e. The van der Waals surface area contributed by atoms with Gasteiger partial charge < -0.3 is 10.1 Å². The molecule has 2 N–H and O–H groups in total. The van der Waals surface area contributed by atoms with Crippen molar-refractivity contribution in [3.63, 3.8) is 0 Å². The van der Waals surface area contributed by atoms with Crippen LogP contribution in [0.25, 0.3) is 0 Å². The van der Waals surface area contributed by atoms with Crippen LogP contribution in [-0.4, -0.2) is 27.5 Å². The lowest BCUT2D eigenvalue weighted by Gasteiger charge is -2.10. The van der Waals surface area contributed by atoms with Crippen LogP contribution in [0.2, 0.25) is 0 Å². The van der Waals surface area contributed by atoms with E-state index in [2.05, 4.69) is 10.0 Å².